The number of carbonyl (C=O) groups excluding carboxylic acids is 2. The van der Waals surface area contributed by atoms with E-state index >= 15 is 4.39 Å². The standard InChI is InChI=1S/C34H39ClFN5O6/c1-33(2,3)47-32(43)41-20-7-8-21(41)15-40(14-20)30-24-13-37-28(23-11-22(46-18-44-4)12-25(35)26(23)19-5-6-19)27(36)29(24)38-31(39-30)45-17-34(16-42)9-10-34/h11-13,16,19-21H,5-10,14-15,17-18H2,1-4H3. The van der Waals surface area contributed by atoms with Gasteiger partial charge < -0.3 is 28.6 Å². The molecule has 2 bridgehead atoms. The molecule has 2 atom stereocenters. The predicted octanol–water partition coefficient (Wildman–Crippen LogP) is 6.29. The highest BCUT2D eigenvalue weighted by atomic mass is 35.5. The molecule has 11 nitrogen and oxygen atoms in total. The first kappa shape index (κ1) is 31.8. The number of methoxy groups -OCH3 is 1. The number of rotatable bonds is 10. The van der Waals surface area contributed by atoms with Crippen molar-refractivity contribution in [3.63, 3.8) is 0 Å². The molecule has 4 heterocycles. The minimum Gasteiger partial charge on any atom is -0.467 e. The van der Waals surface area contributed by atoms with Crippen LogP contribution in [0.4, 0.5) is 15.0 Å². The molecule has 250 valence electrons. The summed E-state index contributed by atoms with van der Waals surface area (Å²) in [4.78, 5) is 42.6. The number of carbonyl (C=O) groups is 2. The largest absolute Gasteiger partial charge is 0.467 e. The van der Waals surface area contributed by atoms with E-state index in [2.05, 4.69) is 14.9 Å². The van der Waals surface area contributed by atoms with Crippen molar-refractivity contribution in [3.8, 4) is 23.0 Å². The number of pyridine rings is 1. The number of hydrogen-bond acceptors (Lipinski definition) is 10. The topological polar surface area (TPSA) is 116 Å². The minimum absolute atomic E-state index is 0.00885. The number of anilines is 1. The van der Waals surface area contributed by atoms with E-state index in [9.17, 15) is 9.59 Å². The van der Waals surface area contributed by atoms with E-state index in [0.717, 1.165) is 50.4 Å². The van der Waals surface area contributed by atoms with E-state index in [1.54, 1.807) is 18.3 Å². The lowest BCUT2D eigenvalue weighted by Gasteiger charge is -2.42. The Morgan fingerprint density at radius 1 is 1.11 bits per heavy atom. The molecule has 2 saturated heterocycles. The van der Waals surface area contributed by atoms with Crippen molar-refractivity contribution in [2.45, 2.75) is 82.9 Å². The number of piperazine rings is 1. The lowest BCUT2D eigenvalue weighted by Crippen LogP contribution is -2.57. The Labute approximate surface area is 277 Å². The third-order valence-electron chi connectivity index (χ3n) is 9.35. The molecule has 0 spiro atoms. The van der Waals surface area contributed by atoms with Crippen molar-refractivity contribution in [1.82, 2.24) is 19.9 Å². The molecule has 13 heteroatoms. The fourth-order valence-corrected chi connectivity index (χ4v) is 7.02. The first-order valence-electron chi connectivity index (χ1n) is 16.2. The number of nitrogens with zero attached hydrogens (tertiary/aromatic N) is 5. The zero-order chi connectivity index (χ0) is 33.1. The summed E-state index contributed by atoms with van der Waals surface area (Å²) in [7, 11) is 1.52. The highest BCUT2D eigenvalue weighted by Gasteiger charge is 2.46. The summed E-state index contributed by atoms with van der Waals surface area (Å²) in [6.45, 7) is 6.64. The van der Waals surface area contributed by atoms with Gasteiger partial charge in [0, 0.05) is 37.0 Å². The number of aromatic nitrogens is 3. The average Bonchev–Trinajstić information content (AvgIpc) is 3.96. The van der Waals surface area contributed by atoms with Crippen LogP contribution in [0.25, 0.3) is 22.2 Å². The molecule has 7 rings (SSSR count). The van der Waals surface area contributed by atoms with Crippen LogP contribution in [0.2, 0.25) is 5.02 Å². The van der Waals surface area contributed by atoms with E-state index in [1.807, 2.05) is 25.7 Å². The number of fused-ring (bicyclic) bond motifs is 3. The first-order chi connectivity index (χ1) is 22.5. The maximum absolute atomic E-state index is 16.8. The van der Waals surface area contributed by atoms with Crippen LogP contribution in [0, 0.1) is 11.2 Å². The third-order valence-corrected chi connectivity index (χ3v) is 9.66. The van der Waals surface area contributed by atoms with Gasteiger partial charge in [-0.05, 0) is 82.9 Å². The predicted molar refractivity (Wildman–Crippen MR) is 173 cm³/mol. The summed E-state index contributed by atoms with van der Waals surface area (Å²) in [5.74, 6) is 0.467. The molecule has 0 radical (unpaired) electrons. The molecule has 4 aliphatic rings. The van der Waals surface area contributed by atoms with Crippen LogP contribution in [0.3, 0.4) is 0 Å². The van der Waals surface area contributed by atoms with E-state index in [0.29, 0.717) is 40.6 Å². The normalized spacial score (nSPS) is 21.6. The highest BCUT2D eigenvalue weighted by molar-refractivity contribution is 6.32. The van der Waals surface area contributed by atoms with Crippen LogP contribution in [0.5, 0.6) is 11.8 Å². The second kappa shape index (κ2) is 12.0. The summed E-state index contributed by atoms with van der Waals surface area (Å²) in [5, 5.41) is 0.901. The number of ether oxygens (including phenoxy) is 4. The van der Waals surface area contributed by atoms with Crippen LogP contribution >= 0.6 is 11.6 Å². The second-order valence-electron chi connectivity index (χ2n) is 14.2. The molecule has 4 fully saturated rings. The van der Waals surface area contributed by atoms with Crippen LogP contribution in [0.15, 0.2) is 18.3 Å². The van der Waals surface area contributed by atoms with Gasteiger partial charge in [0.1, 0.15) is 41.3 Å². The molecule has 2 aromatic heterocycles. The lowest BCUT2D eigenvalue weighted by atomic mass is 9.98. The molecule has 1 aromatic carbocycles. The molecule has 3 aromatic rings. The molecule has 0 N–H and O–H groups in total. The average molecular weight is 668 g/mol. The molecule has 2 aliphatic carbocycles. The third kappa shape index (κ3) is 6.29. The number of amides is 1. The van der Waals surface area contributed by atoms with E-state index in [-0.39, 0.29) is 54.7 Å². The van der Waals surface area contributed by atoms with E-state index in [1.165, 1.54) is 7.11 Å². The maximum Gasteiger partial charge on any atom is 0.410 e. The zero-order valence-corrected chi connectivity index (χ0v) is 27.8. The fraction of sp³-hybridized carbons (Fsp3) is 0.559. The number of hydrogen-bond donors (Lipinski definition) is 0. The van der Waals surface area contributed by atoms with Gasteiger partial charge >= 0.3 is 12.1 Å². The van der Waals surface area contributed by atoms with Gasteiger partial charge in [0.25, 0.3) is 0 Å². The van der Waals surface area contributed by atoms with Crippen molar-refractivity contribution in [3.05, 3.63) is 34.7 Å². The summed E-state index contributed by atoms with van der Waals surface area (Å²) in [6.07, 6.45) is 7.15. The quantitative estimate of drug-likeness (QED) is 0.180. The first-order valence-corrected chi connectivity index (χ1v) is 16.5. The van der Waals surface area contributed by atoms with Crippen LogP contribution in [0.1, 0.15) is 70.8 Å². The Morgan fingerprint density at radius 2 is 1.83 bits per heavy atom. The Kier molecular flexibility index (Phi) is 8.15. The van der Waals surface area contributed by atoms with Gasteiger partial charge in [-0.15, -0.1) is 0 Å². The molecule has 1 amide bonds. The number of benzene rings is 1. The van der Waals surface area contributed by atoms with Gasteiger partial charge in [-0.3, -0.25) is 9.88 Å². The Morgan fingerprint density at radius 3 is 2.45 bits per heavy atom. The zero-order valence-electron chi connectivity index (χ0n) is 27.1. The van der Waals surface area contributed by atoms with Gasteiger partial charge in [-0.2, -0.15) is 9.97 Å². The summed E-state index contributed by atoms with van der Waals surface area (Å²) in [6, 6.07) is 3.24. The fourth-order valence-electron chi connectivity index (χ4n) is 6.65. The smallest absolute Gasteiger partial charge is 0.410 e. The SMILES string of the molecule is COCOc1cc(Cl)c(C2CC2)c(-c2ncc3c(N4CC5CCC(C4)N5C(=O)OC(C)(C)C)nc(OCC4(C=O)CC4)nc3c2F)c1. The van der Waals surface area contributed by atoms with Crippen molar-refractivity contribution in [2.75, 3.05) is 38.5 Å². The van der Waals surface area contributed by atoms with E-state index in [4.69, 9.17) is 35.5 Å². The monoisotopic (exact) mass is 667 g/mol. The Hall–Kier alpha value is -3.77. The van der Waals surface area contributed by atoms with Crippen LogP contribution < -0.4 is 14.4 Å². The molecular formula is C34H39ClFN5O6. The molecule has 47 heavy (non-hydrogen) atoms. The molecule has 2 saturated carbocycles. The minimum atomic E-state index is -0.634. The van der Waals surface area contributed by atoms with Crippen molar-refractivity contribution >= 4 is 40.7 Å². The summed E-state index contributed by atoms with van der Waals surface area (Å²) >= 11 is 6.74. The maximum atomic E-state index is 16.8. The molecular weight excluding hydrogens is 629 g/mol. The summed E-state index contributed by atoms with van der Waals surface area (Å²) in [5.41, 5.74) is 0.342. The second-order valence-corrected chi connectivity index (χ2v) is 14.6. The summed E-state index contributed by atoms with van der Waals surface area (Å²) < 4.78 is 39.3. The van der Waals surface area contributed by atoms with Gasteiger partial charge in [0.05, 0.1) is 22.9 Å². The Balaban J connectivity index is 1.29. The Bertz CT molecular complexity index is 1710. The number of halogens is 2. The van der Waals surface area contributed by atoms with Gasteiger partial charge in [0.15, 0.2) is 12.6 Å². The lowest BCUT2D eigenvalue weighted by molar-refractivity contribution is -0.113. The van der Waals surface area contributed by atoms with Crippen molar-refractivity contribution in [1.29, 1.82) is 0 Å². The van der Waals surface area contributed by atoms with Gasteiger partial charge in [0.2, 0.25) is 0 Å². The van der Waals surface area contributed by atoms with Gasteiger partial charge in [-0.1, -0.05) is 11.6 Å². The number of aldehydes is 1. The van der Waals surface area contributed by atoms with Crippen molar-refractivity contribution < 1.29 is 32.9 Å². The van der Waals surface area contributed by atoms with Crippen LogP contribution in [-0.4, -0.2) is 83.5 Å². The highest BCUT2D eigenvalue weighted by Crippen LogP contribution is 2.50. The van der Waals surface area contributed by atoms with Crippen LogP contribution in [-0.2, 0) is 14.3 Å². The molecule has 2 aliphatic heterocycles. The van der Waals surface area contributed by atoms with E-state index < -0.39 is 16.8 Å². The van der Waals surface area contributed by atoms with Crippen molar-refractivity contribution in [2.24, 2.45) is 5.41 Å². The van der Waals surface area contributed by atoms with Gasteiger partial charge in [-0.25, -0.2) is 9.18 Å². The molecule has 2 unspecified atom stereocenters.